The zero-order valence-electron chi connectivity index (χ0n) is 22.2. The van der Waals surface area contributed by atoms with E-state index >= 15 is 0 Å². The number of nitrogens with zero attached hydrogens (tertiary/aromatic N) is 2. The van der Waals surface area contributed by atoms with Gasteiger partial charge in [-0.1, -0.05) is 59.9 Å². The summed E-state index contributed by atoms with van der Waals surface area (Å²) in [6, 6.07) is 21.7. The largest absolute Gasteiger partial charge is 0.497 e. The monoisotopic (exact) mass is 618 g/mol. The van der Waals surface area contributed by atoms with E-state index in [4.69, 9.17) is 19.2 Å². The van der Waals surface area contributed by atoms with E-state index in [2.05, 4.69) is 15.9 Å². The van der Waals surface area contributed by atoms with Crippen LogP contribution in [0.1, 0.15) is 36.6 Å². The summed E-state index contributed by atoms with van der Waals surface area (Å²) in [4.78, 5) is 32.9. The molecule has 1 atom stereocenters. The lowest BCUT2D eigenvalue weighted by Gasteiger charge is -2.26. The van der Waals surface area contributed by atoms with E-state index in [1.54, 1.807) is 18.6 Å². The molecule has 204 valence electrons. The van der Waals surface area contributed by atoms with Crippen molar-refractivity contribution in [3.63, 3.8) is 0 Å². The number of halogens is 1. The van der Waals surface area contributed by atoms with Gasteiger partial charge in [0.1, 0.15) is 11.5 Å². The summed E-state index contributed by atoms with van der Waals surface area (Å²) in [5.41, 5.74) is 2.81. The molecule has 0 aliphatic carbocycles. The van der Waals surface area contributed by atoms with Crippen LogP contribution in [0, 0.1) is 0 Å². The normalized spacial score (nSPS) is 14.9. The Morgan fingerprint density at radius 2 is 1.85 bits per heavy atom. The predicted molar refractivity (Wildman–Crippen MR) is 159 cm³/mol. The fourth-order valence-electron chi connectivity index (χ4n) is 4.60. The first-order valence-corrected chi connectivity index (χ1v) is 14.4. The predicted octanol–water partition coefficient (Wildman–Crippen LogP) is 5.11. The Balaban J connectivity index is 1.79. The quantitative estimate of drug-likeness (QED) is 0.257. The highest BCUT2D eigenvalue weighted by Gasteiger charge is 2.35. The number of methoxy groups -OCH3 is 1. The van der Waals surface area contributed by atoms with Crippen molar-refractivity contribution in [2.45, 2.75) is 19.9 Å². The van der Waals surface area contributed by atoms with Gasteiger partial charge < -0.3 is 14.2 Å². The number of rotatable bonds is 8. The van der Waals surface area contributed by atoms with Gasteiger partial charge >= 0.3 is 5.97 Å². The second-order valence-corrected chi connectivity index (χ2v) is 10.7. The van der Waals surface area contributed by atoms with Crippen LogP contribution in [-0.2, 0) is 9.53 Å². The van der Waals surface area contributed by atoms with Crippen LogP contribution < -0.4 is 24.4 Å². The number of thiazole rings is 1. The first-order chi connectivity index (χ1) is 19.4. The number of carbonyl (C=O) groups is 1. The van der Waals surface area contributed by atoms with E-state index < -0.39 is 12.0 Å². The molecule has 0 N–H and O–H groups in total. The van der Waals surface area contributed by atoms with E-state index in [1.165, 1.54) is 11.3 Å². The zero-order chi connectivity index (χ0) is 28.2. The van der Waals surface area contributed by atoms with Crippen LogP contribution >= 0.6 is 27.3 Å². The molecule has 0 bridgehead atoms. The Bertz CT molecular complexity index is 1780. The average Bonchev–Trinajstić information content (AvgIpc) is 3.28. The third kappa shape index (κ3) is 5.39. The number of ether oxygens (including phenoxy) is 3. The van der Waals surface area contributed by atoms with E-state index in [0.717, 1.165) is 21.3 Å². The highest BCUT2D eigenvalue weighted by atomic mass is 79.9. The first-order valence-electron chi connectivity index (χ1n) is 12.8. The lowest BCUT2D eigenvalue weighted by molar-refractivity contribution is -0.138. The smallest absolute Gasteiger partial charge is 0.338 e. The highest BCUT2D eigenvalue weighted by molar-refractivity contribution is 9.10. The van der Waals surface area contributed by atoms with Gasteiger partial charge in [0.05, 0.1) is 46.6 Å². The summed E-state index contributed by atoms with van der Waals surface area (Å²) in [5, 5.41) is 0. The van der Waals surface area contributed by atoms with E-state index in [9.17, 15) is 9.59 Å². The van der Waals surface area contributed by atoms with Crippen molar-refractivity contribution >= 4 is 45.0 Å². The van der Waals surface area contributed by atoms with Gasteiger partial charge in [0.25, 0.3) is 5.56 Å². The molecule has 0 fully saturated rings. The van der Waals surface area contributed by atoms with Gasteiger partial charge in [0.15, 0.2) is 4.80 Å². The molecular weight excluding hydrogens is 592 g/mol. The number of fused-ring (bicyclic) bond motifs is 1. The van der Waals surface area contributed by atoms with Crippen LogP contribution in [0.2, 0.25) is 0 Å². The van der Waals surface area contributed by atoms with Gasteiger partial charge in [-0.2, -0.15) is 0 Å². The molecule has 5 rings (SSSR count). The molecule has 3 aromatic carbocycles. The van der Waals surface area contributed by atoms with Crippen molar-refractivity contribution in [2.24, 2.45) is 4.99 Å². The van der Waals surface area contributed by atoms with E-state index in [0.29, 0.717) is 38.5 Å². The van der Waals surface area contributed by atoms with Gasteiger partial charge in [0, 0.05) is 5.56 Å². The topological polar surface area (TPSA) is 79.1 Å². The van der Waals surface area contributed by atoms with Crippen molar-refractivity contribution in [3.8, 4) is 11.5 Å². The highest BCUT2D eigenvalue weighted by Crippen LogP contribution is 2.36. The molecule has 0 radical (unpaired) electrons. The number of carbonyl (C=O) groups excluding carboxylic acids is 1. The van der Waals surface area contributed by atoms with Crippen molar-refractivity contribution in [1.29, 1.82) is 0 Å². The fraction of sp³-hybridized carbons (Fsp3) is 0.194. The lowest BCUT2D eigenvalue weighted by atomic mass is 9.93. The van der Waals surface area contributed by atoms with Crippen LogP contribution in [0.5, 0.6) is 11.5 Å². The van der Waals surface area contributed by atoms with E-state index in [-0.39, 0.29) is 12.2 Å². The van der Waals surface area contributed by atoms with Crippen LogP contribution in [0.4, 0.5) is 0 Å². The number of hydrogen-bond acceptors (Lipinski definition) is 7. The van der Waals surface area contributed by atoms with Crippen molar-refractivity contribution in [3.05, 3.63) is 119 Å². The van der Waals surface area contributed by atoms with Gasteiger partial charge in [0.2, 0.25) is 0 Å². The molecule has 1 aromatic heterocycles. The molecule has 4 aromatic rings. The summed E-state index contributed by atoms with van der Waals surface area (Å²) >= 11 is 4.82. The Morgan fingerprint density at radius 1 is 1.05 bits per heavy atom. The zero-order valence-corrected chi connectivity index (χ0v) is 24.6. The minimum Gasteiger partial charge on any atom is -0.497 e. The molecule has 0 amide bonds. The average molecular weight is 620 g/mol. The Morgan fingerprint density at radius 3 is 2.55 bits per heavy atom. The number of benzene rings is 3. The van der Waals surface area contributed by atoms with Gasteiger partial charge in [-0.05, 0) is 71.2 Å². The molecule has 1 aliphatic heterocycles. The molecule has 9 heteroatoms. The second-order valence-electron chi connectivity index (χ2n) is 8.83. The van der Waals surface area contributed by atoms with Gasteiger partial charge in [-0.15, -0.1) is 0 Å². The number of esters is 1. The van der Waals surface area contributed by atoms with Gasteiger partial charge in [-0.3, -0.25) is 9.36 Å². The third-order valence-corrected chi connectivity index (χ3v) is 7.94. The maximum atomic E-state index is 14.0. The lowest BCUT2D eigenvalue weighted by Crippen LogP contribution is -2.40. The summed E-state index contributed by atoms with van der Waals surface area (Å²) in [5.74, 6) is 0.814. The van der Waals surface area contributed by atoms with Gasteiger partial charge in [-0.25, -0.2) is 9.79 Å². The molecule has 2 heterocycles. The Labute approximate surface area is 243 Å². The maximum absolute atomic E-state index is 14.0. The molecular formula is C31H27BrN2O5S. The summed E-state index contributed by atoms with van der Waals surface area (Å²) in [6.45, 7) is 4.42. The van der Waals surface area contributed by atoms with Crippen molar-refractivity contribution < 1.29 is 19.0 Å². The summed E-state index contributed by atoms with van der Waals surface area (Å²) < 4.78 is 19.5. The molecule has 7 nitrogen and oxygen atoms in total. The molecule has 0 unspecified atom stereocenters. The minimum atomic E-state index is -0.769. The van der Waals surface area contributed by atoms with Crippen LogP contribution in [0.3, 0.4) is 0 Å². The SMILES string of the molecule is CCOC(=O)C1=C(c2ccccc2)N=c2s/c(=C\c3ccc(OCC)c(Br)c3)c(=O)n2[C@@H]1c1cccc(OC)c1. The summed E-state index contributed by atoms with van der Waals surface area (Å²) in [7, 11) is 1.58. The Hall–Kier alpha value is -3.95. The minimum absolute atomic E-state index is 0.187. The molecule has 40 heavy (non-hydrogen) atoms. The fourth-order valence-corrected chi connectivity index (χ4v) is 6.11. The second kappa shape index (κ2) is 12.1. The number of aromatic nitrogens is 1. The maximum Gasteiger partial charge on any atom is 0.338 e. The molecule has 0 spiro atoms. The van der Waals surface area contributed by atoms with Crippen molar-refractivity contribution in [1.82, 2.24) is 4.57 Å². The first kappa shape index (κ1) is 27.6. The van der Waals surface area contributed by atoms with Crippen LogP contribution in [0.15, 0.2) is 92.6 Å². The standard InChI is InChI=1S/C31H27BrN2O5S/c1-4-38-24-15-14-19(16-23(24)32)17-25-29(35)34-28(21-12-9-13-22(18-21)37-3)26(30(36)39-5-2)27(33-31(34)40-25)20-10-7-6-8-11-20/h6-18,28H,4-5H2,1-3H3/b25-17-/t28-/m1/s1. The summed E-state index contributed by atoms with van der Waals surface area (Å²) in [6.07, 6.45) is 1.82. The van der Waals surface area contributed by atoms with Crippen molar-refractivity contribution in [2.75, 3.05) is 20.3 Å². The van der Waals surface area contributed by atoms with Crippen LogP contribution in [-0.4, -0.2) is 30.9 Å². The molecule has 0 saturated heterocycles. The molecule has 0 saturated carbocycles. The Kier molecular flexibility index (Phi) is 8.32. The third-order valence-electron chi connectivity index (χ3n) is 6.34. The number of hydrogen-bond donors (Lipinski definition) is 0. The molecule has 1 aliphatic rings. The van der Waals surface area contributed by atoms with Crippen LogP contribution in [0.25, 0.3) is 11.8 Å². The van der Waals surface area contributed by atoms with E-state index in [1.807, 2.05) is 85.8 Å².